The summed E-state index contributed by atoms with van der Waals surface area (Å²) in [5.41, 5.74) is 0.256. The first kappa shape index (κ1) is 12.4. The molecule has 3 nitrogen and oxygen atoms in total. The summed E-state index contributed by atoms with van der Waals surface area (Å²) in [6, 6.07) is 3.48. The predicted octanol–water partition coefficient (Wildman–Crippen LogP) is 2.80. The molecule has 16 heavy (non-hydrogen) atoms. The average molecular weight is 234 g/mol. The van der Waals surface area contributed by atoms with Crippen molar-refractivity contribution in [3.8, 4) is 11.5 Å². The summed E-state index contributed by atoms with van der Waals surface area (Å²) in [7, 11) is 1.20. The second-order valence-corrected chi connectivity index (χ2v) is 2.97. The van der Waals surface area contributed by atoms with Gasteiger partial charge < -0.3 is 9.47 Å². The lowest BCUT2D eigenvalue weighted by Crippen LogP contribution is -2.17. The number of hydrogen-bond donors (Lipinski definition) is 0. The number of ketones is 1. The highest BCUT2D eigenvalue weighted by molar-refractivity contribution is 5.94. The van der Waals surface area contributed by atoms with Crippen molar-refractivity contribution in [1.82, 2.24) is 0 Å². The zero-order valence-corrected chi connectivity index (χ0v) is 8.59. The lowest BCUT2D eigenvalue weighted by Gasteiger charge is -2.12. The summed E-state index contributed by atoms with van der Waals surface area (Å²) >= 11 is 0. The van der Waals surface area contributed by atoms with Crippen molar-refractivity contribution in [2.24, 2.45) is 0 Å². The molecule has 0 spiro atoms. The molecule has 0 aromatic heterocycles. The molecule has 0 radical (unpaired) electrons. The summed E-state index contributed by atoms with van der Waals surface area (Å²) in [5, 5.41) is 0. The Bertz CT molecular complexity index is 399. The molecule has 0 aliphatic carbocycles. The number of carbonyl (C=O) groups is 1. The molecule has 0 N–H and O–H groups in total. The van der Waals surface area contributed by atoms with Crippen LogP contribution in [0.15, 0.2) is 18.2 Å². The van der Waals surface area contributed by atoms with E-state index in [1.165, 1.54) is 26.2 Å². The van der Waals surface area contributed by atoms with E-state index in [2.05, 4.69) is 4.74 Å². The fraction of sp³-hybridized carbons (Fsp3) is 0.300. The summed E-state index contributed by atoms with van der Waals surface area (Å²) in [6.45, 7) is 1.30. The summed E-state index contributed by atoms with van der Waals surface area (Å²) in [5.74, 6) is -0.873. The van der Waals surface area contributed by atoms with Crippen LogP contribution in [0.25, 0.3) is 0 Å². The van der Waals surface area contributed by atoms with E-state index in [0.29, 0.717) is 0 Å². The van der Waals surface area contributed by atoms with Crippen molar-refractivity contribution in [3.63, 3.8) is 0 Å². The van der Waals surface area contributed by atoms with Gasteiger partial charge in [-0.1, -0.05) is 0 Å². The molecule has 1 rings (SSSR count). The SMILES string of the molecule is COc1cc(C(C)=O)ccc1OC(F)(F)F. The number of rotatable bonds is 3. The number of carbonyl (C=O) groups excluding carboxylic acids is 1. The Hall–Kier alpha value is -1.72. The zero-order valence-electron chi connectivity index (χ0n) is 8.59. The van der Waals surface area contributed by atoms with Crippen LogP contribution in [0.1, 0.15) is 17.3 Å². The quantitative estimate of drug-likeness (QED) is 0.754. The van der Waals surface area contributed by atoms with Crippen molar-refractivity contribution >= 4 is 5.78 Å². The fourth-order valence-corrected chi connectivity index (χ4v) is 1.10. The number of hydrogen-bond acceptors (Lipinski definition) is 3. The first-order chi connectivity index (χ1) is 7.33. The highest BCUT2D eigenvalue weighted by Gasteiger charge is 2.32. The van der Waals surface area contributed by atoms with Crippen LogP contribution in [0.3, 0.4) is 0 Å². The zero-order chi connectivity index (χ0) is 12.3. The second kappa shape index (κ2) is 4.42. The van der Waals surface area contributed by atoms with E-state index in [-0.39, 0.29) is 17.1 Å². The molecule has 0 aliphatic heterocycles. The maximum absolute atomic E-state index is 12.0. The molecule has 0 saturated carbocycles. The van der Waals surface area contributed by atoms with Gasteiger partial charge in [-0.05, 0) is 25.1 Å². The molecular weight excluding hydrogens is 225 g/mol. The topological polar surface area (TPSA) is 35.5 Å². The summed E-state index contributed by atoms with van der Waals surface area (Å²) in [6.07, 6.45) is -4.79. The Balaban J connectivity index is 3.07. The minimum atomic E-state index is -4.79. The van der Waals surface area contributed by atoms with Gasteiger partial charge in [0.1, 0.15) is 0 Å². The van der Waals surface area contributed by atoms with Gasteiger partial charge in [0.25, 0.3) is 0 Å². The van der Waals surface area contributed by atoms with Crippen LogP contribution in [-0.2, 0) is 0 Å². The lowest BCUT2D eigenvalue weighted by atomic mass is 10.1. The Kier molecular flexibility index (Phi) is 3.41. The summed E-state index contributed by atoms with van der Waals surface area (Å²) in [4.78, 5) is 11.0. The van der Waals surface area contributed by atoms with E-state index in [1.54, 1.807) is 0 Å². The third-order valence-electron chi connectivity index (χ3n) is 1.80. The molecule has 88 valence electrons. The van der Waals surface area contributed by atoms with Crippen LogP contribution < -0.4 is 9.47 Å². The molecule has 0 bridgehead atoms. The minimum absolute atomic E-state index is 0.134. The van der Waals surface area contributed by atoms with Gasteiger partial charge in [0.2, 0.25) is 0 Å². The molecule has 0 amide bonds. The van der Waals surface area contributed by atoms with Crippen LogP contribution in [0.5, 0.6) is 11.5 Å². The average Bonchev–Trinajstić information content (AvgIpc) is 2.15. The molecule has 1 aromatic carbocycles. The molecule has 6 heteroatoms. The van der Waals surface area contributed by atoms with Crippen molar-refractivity contribution in [2.75, 3.05) is 7.11 Å². The van der Waals surface area contributed by atoms with Gasteiger partial charge in [0.15, 0.2) is 17.3 Å². The van der Waals surface area contributed by atoms with E-state index in [1.807, 2.05) is 0 Å². The number of Topliss-reactive ketones (excluding diaryl/α,β-unsaturated/α-hetero) is 1. The van der Waals surface area contributed by atoms with Gasteiger partial charge in [-0.3, -0.25) is 4.79 Å². The van der Waals surface area contributed by atoms with Crippen molar-refractivity contribution < 1.29 is 27.4 Å². The van der Waals surface area contributed by atoms with Gasteiger partial charge in [0.05, 0.1) is 7.11 Å². The van der Waals surface area contributed by atoms with E-state index in [4.69, 9.17) is 4.74 Å². The molecule has 0 heterocycles. The molecular formula is C10H9F3O3. The molecule has 0 atom stereocenters. The molecule has 0 saturated heterocycles. The van der Waals surface area contributed by atoms with Crippen LogP contribution in [-0.4, -0.2) is 19.3 Å². The van der Waals surface area contributed by atoms with E-state index in [9.17, 15) is 18.0 Å². The number of methoxy groups -OCH3 is 1. The normalized spacial score (nSPS) is 11.1. The maximum atomic E-state index is 12.0. The van der Waals surface area contributed by atoms with Crippen LogP contribution >= 0.6 is 0 Å². The number of benzene rings is 1. The Labute approximate surface area is 89.8 Å². The first-order valence-corrected chi connectivity index (χ1v) is 4.28. The highest BCUT2D eigenvalue weighted by Crippen LogP contribution is 2.32. The first-order valence-electron chi connectivity index (χ1n) is 4.28. The Morgan fingerprint density at radius 2 is 1.88 bits per heavy atom. The lowest BCUT2D eigenvalue weighted by molar-refractivity contribution is -0.275. The predicted molar refractivity (Wildman–Crippen MR) is 49.7 cm³/mol. The Morgan fingerprint density at radius 1 is 1.25 bits per heavy atom. The third kappa shape index (κ3) is 3.15. The summed E-state index contributed by atoms with van der Waals surface area (Å²) < 4.78 is 44.3. The van der Waals surface area contributed by atoms with Crippen LogP contribution in [0, 0.1) is 0 Å². The number of halogens is 3. The maximum Gasteiger partial charge on any atom is 0.573 e. The number of alkyl halides is 3. The molecule has 0 aliphatic rings. The van der Waals surface area contributed by atoms with E-state index in [0.717, 1.165) is 6.07 Å². The molecule has 1 aromatic rings. The smallest absolute Gasteiger partial charge is 0.493 e. The van der Waals surface area contributed by atoms with Gasteiger partial charge in [0, 0.05) is 5.56 Å². The highest BCUT2D eigenvalue weighted by atomic mass is 19.4. The molecule has 0 unspecified atom stereocenters. The van der Waals surface area contributed by atoms with Crippen LogP contribution in [0.4, 0.5) is 13.2 Å². The fourth-order valence-electron chi connectivity index (χ4n) is 1.10. The largest absolute Gasteiger partial charge is 0.573 e. The second-order valence-electron chi connectivity index (χ2n) is 2.97. The van der Waals surface area contributed by atoms with Gasteiger partial charge in [-0.25, -0.2) is 0 Å². The van der Waals surface area contributed by atoms with Gasteiger partial charge >= 0.3 is 6.36 Å². The standard InChI is InChI=1S/C10H9F3O3/c1-6(14)7-3-4-8(9(5-7)15-2)16-10(11,12)13/h3-5H,1-2H3. The van der Waals surface area contributed by atoms with Crippen molar-refractivity contribution in [3.05, 3.63) is 23.8 Å². The molecule has 0 fully saturated rings. The van der Waals surface area contributed by atoms with E-state index >= 15 is 0 Å². The monoisotopic (exact) mass is 234 g/mol. The van der Waals surface area contributed by atoms with Crippen molar-refractivity contribution in [2.45, 2.75) is 13.3 Å². The Morgan fingerprint density at radius 3 is 2.31 bits per heavy atom. The van der Waals surface area contributed by atoms with Gasteiger partial charge in [-0.15, -0.1) is 13.2 Å². The van der Waals surface area contributed by atoms with Crippen molar-refractivity contribution in [1.29, 1.82) is 0 Å². The van der Waals surface area contributed by atoms with Gasteiger partial charge in [-0.2, -0.15) is 0 Å². The third-order valence-corrected chi connectivity index (χ3v) is 1.80. The number of ether oxygens (including phenoxy) is 2. The van der Waals surface area contributed by atoms with E-state index < -0.39 is 12.1 Å². The minimum Gasteiger partial charge on any atom is -0.493 e. The van der Waals surface area contributed by atoms with Crippen LogP contribution in [0.2, 0.25) is 0 Å².